The summed E-state index contributed by atoms with van der Waals surface area (Å²) in [6, 6.07) is 0.630. The number of nitrogens with one attached hydrogen (secondary N) is 1. The number of rotatable bonds is 9. The standard InChI is InChI=1S/C17H29N3O/c1-3-10-19(11-4-2)17(21)14-20(16-7-8-16)13-15-6-5-9-18-12-15/h3-4,15-16,18H,1-2,5-14H2. The first-order valence-electron chi connectivity index (χ1n) is 8.19. The molecule has 0 bridgehead atoms. The van der Waals surface area contributed by atoms with E-state index >= 15 is 0 Å². The van der Waals surface area contributed by atoms with Crippen molar-refractivity contribution in [1.29, 1.82) is 0 Å². The van der Waals surface area contributed by atoms with Gasteiger partial charge in [0.25, 0.3) is 0 Å². The summed E-state index contributed by atoms with van der Waals surface area (Å²) in [6.45, 7) is 12.5. The van der Waals surface area contributed by atoms with E-state index in [0.29, 0.717) is 31.6 Å². The van der Waals surface area contributed by atoms with Crippen molar-refractivity contribution in [2.45, 2.75) is 31.7 Å². The number of nitrogens with zero attached hydrogens (tertiary/aromatic N) is 2. The molecule has 1 N–H and O–H groups in total. The molecule has 1 heterocycles. The van der Waals surface area contributed by atoms with Crippen molar-refractivity contribution in [2.24, 2.45) is 5.92 Å². The molecule has 1 aliphatic heterocycles. The molecule has 1 amide bonds. The van der Waals surface area contributed by atoms with Crippen molar-refractivity contribution >= 4 is 5.91 Å². The lowest BCUT2D eigenvalue weighted by atomic mass is 9.99. The highest BCUT2D eigenvalue weighted by Crippen LogP contribution is 2.28. The van der Waals surface area contributed by atoms with E-state index in [-0.39, 0.29) is 5.91 Å². The molecule has 2 rings (SSSR count). The second-order valence-electron chi connectivity index (χ2n) is 6.25. The van der Waals surface area contributed by atoms with E-state index in [1.165, 1.54) is 25.7 Å². The first kappa shape index (κ1) is 16.2. The monoisotopic (exact) mass is 291 g/mol. The topological polar surface area (TPSA) is 35.6 Å². The smallest absolute Gasteiger partial charge is 0.237 e. The van der Waals surface area contributed by atoms with Crippen LogP contribution in [-0.4, -0.2) is 61.0 Å². The molecule has 0 aromatic rings. The van der Waals surface area contributed by atoms with Crippen LogP contribution in [-0.2, 0) is 4.79 Å². The van der Waals surface area contributed by atoms with Gasteiger partial charge in [0, 0.05) is 25.7 Å². The highest BCUT2D eigenvalue weighted by molar-refractivity contribution is 5.78. The maximum absolute atomic E-state index is 12.5. The summed E-state index contributed by atoms with van der Waals surface area (Å²) in [7, 11) is 0. The van der Waals surface area contributed by atoms with Crippen LogP contribution >= 0.6 is 0 Å². The molecule has 2 fully saturated rings. The maximum atomic E-state index is 12.5. The Kier molecular flexibility index (Phi) is 6.46. The Morgan fingerprint density at radius 3 is 2.43 bits per heavy atom. The van der Waals surface area contributed by atoms with E-state index in [0.717, 1.165) is 19.6 Å². The van der Waals surface area contributed by atoms with Gasteiger partial charge >= 0.3 is 0 Å². The minimum absolute atomic E-state index is 0.200. The molecule has 2 aliphatic rings. The van der Waals surface area contributed by atoms with Gasteiger partial charge in [-0.1, -0.05) is 12.2 Å². The molecule has 1 unspecified atom stereocenters. The maximum Gasteiger partial charge on any atom is 0.237 e. The average molecular weight is 291 g/mol. The van der Waals surface area contributed by atoms with Gasteiger partial charge in [-0.25, -0.2) is 0 Å². The van der Waals surface area contributed by atoms with Crippen LogP contribution in [0.5, 0.6) is 0 Å². The van der Waals surface area contributed by atoms with Crippen molar-refractivity contribution in [3.63, 3.8) is 0 Å². The van der Waals surface area contributed by atoms with Crippen LogP contribution in [0.25, 0.3) is 0 Å². The Bertz CT molecular complexity index is 349. The predicted molar refractivity (Wildman–Crippen MR) is 87.2 cm³/mol. The van der Waals surface area contributed by atoms with E-state index in [2.05, 4.69) is 23.4 Å². The van der Waals surface area contributed by atoms with Gasteiger partial charge in [-0.2, -0.15) is 0 Å². The minimum Gasteiger partial charge on any atom is -0.334 e. The molecule has 1 saturated carbocycles. The fourth-order valence-electron chi connectivity index (χ4n) is 3.06. The first-order chi connectivity index (χ1) is 10.2. The summed E-state index contributed by atoms with van der Waals surface area (Å²) < 4.78 is 0. The molecule has 1 atom stereocenters. The van der Waals surface area contributed by atoms with Crippen molar-refractivity contribution in [1.82, 2.24) is 15.1 Å². The largest absolute Gasteiger partial charge is 0.334 e. The van der Waals surface area contributed by atoms with E-state index in [9.17, 15) is 4.79 Å². The Balaban J connectivity index is 1.86. The molecule has 0 spiro atoms. The highest BCUT2D eigenvalue weighted by Gasteiger charge is 2.32. The number of hydrogen-bond donors (Lipinski definition) is 1. The summed E-state index contributed by atoms with van der Waals surface area (Å²) in [6.07, 6.45) is 8.61. The molecule has 4 nitrogen and oxygen atoms in total. The molecule has 21 heavy (non-hydrogen) atoms. The number of amides is 1. The second-order valence-corrected chi connectivity index (χ2v) is 6.25. The molecule has 0 aromatic carbocycles. The Labute approximate surface area is 128 Å². The van der Waals surface area contributed by atoms with Gasteiger partial charge in [0.1, 0.15) is 0 Å². The zero-order valence-electron chi connectivity index (χ0n) is 13.1. The Morgan fingerprint density at radius 1 is 1.19 bits per heavy atom. The van der Waals surface area contributed by atoms with E-state index in [1.54, 1.807) is 12.2 Å². The van der Waals surface area contributed by atoms with Gasteiger partial charge in [-0.3, -0.25) is 9.69 Å². The summed E-state index contributed by atoms with van der Waals surface area (Å²) in [5, 5.41) is 3.47. The summed E-state index contributed by atoms with van der Waals surface area (Å²) >= 11 is 0. The van der Waals surface area contributed by atoms with Crippen LogP contribution < -0.4 is 5.32 Å². The third kappa shape index (κ3) is 5.29. The normalized spacial score (nSPS) is 22.0. The van der Waals surface area contributed by atoms with E-state index in [4.69, 9.17) is 0 Å². The molecule has 0 aromatic heterocycles. The summed E-state index contributed by atoms with van der Waals surface area (Å²) in [5.74, 6) is 0.893. The zero-order valence-corrected chi connectivity index (χ0v) is 13.1. The van der Waals surface area contributed by atoms with Crippen molar-refractivity contribution < 1.29 is 4.79 Å². The Morgan fingerprint density at radius 2 is 1.90 bits per heavy atom. The highest BCUT2D eigenvalue weighted by atomic mass is 16.2. The molecule has 1 aliphatic carbocycles. The number of piperidine rings is 1. The fourth-order valence-corrected chi connectivity index (χ4v) is 3.06. The molecule has 0 radical (unpaired) electrons. The molecule has 4 heteroatoms. The van der Waals surface area contributed by atoms with Gasteiger partial charge in [-0.05, 0) is 44.7 Å². The van der Waals surface area contributed by atoms with Gasteiger partial charge in [-0.15, -0.1) is 13.2 Å². The molecular weight excluding hydrogens is 262 g/mol. The summed E-state index contributed by atoms with van der Waals surface area (Å²) in [4.78, 5) is 16.7. The quantitative estimate of drug-likeness (QED) is 0.656. The third-order valence-electron chi connectivity index (χ3n) is 4.34. The van der Waals surface area contributed by atoms with Crippen LogP contribution in [0.3, 0.4) is 0 Å². The average Bonchev–Trinajstić information content (AvgIpc) is 3.32. The van der Waals surface area contributed by atoms with E-state index < -0.39 is 0 Å². The van der Waals surface area contributed by atoms with Crippen molar-refractivity contribution in [3.05, 3.63) is 25.3 Å². The lowest BCUT2D eigenvalue weighted by Crippen LogP contribution is -2.45. The molecular formula is C17H29N3O. The van der Waals surface area contributed by atoms with Gasteiger partial charge < -0.3 is 10.2 Å². The Hall–Kier alpha value is -1.13. The van der Waals surface area contributed by atoms with E-state index in [1.807, 2.05) is 4.90 Å². The van der Waals surface area contributed by atoms with Gasteiger partial charge in [0.15, 0.2) is 0 Å². The van der Waals surface area contributed by atoms with Crippen molar-refractivity contribution in [3.8, 4) is 0 Å². The van der Waals surface area contributed by atoms with Crippen LogP contribution in [0.4, 0.5) is 0 Å². The van der Waals surface area contributed by atoms with Crippen LogP contribution in [0, 0.1) is 5.92 Å². The second kappa shape index (κ2) is 8.35. The fraction of sp³-hybridized carbons (Fsp3) is 0.706. The van der Waals surface area contributed by atoms with Crippen molar-refractivity contribution in [2.75, 3.05) is 39.3 Å². The molecule has 1 saturated heterocycles. The minimum atomic E-state index is 0.200. The number of hydrogen-bond acceptors (Lipinski definition) is 3. The number of carbonyl (C=O) groups excluding carboxylic acids is 1. The van der Waals surface area contributed by atoms with Crippen LogP contribution in [0.2, 0.25) is 0 Å². The van der Waals surface area contributed by atoms with Gasteiger partial charge in [0.05, 0.1) is 6.54 Å². The molecule has 118 valence electrons. The summed E-state index contributed by atoms with van der Waals surface area (Å²) in [5.41, 5.74) is 0. The predicted octanol–water partition coefficient (Wildman–Crippen LogP) is 1.65. The SMILES string of the molecule is C=CCN(CC=C)C(=O)CN(CC1CCCNC1)C1CC1. The third-order valence-corrected chi connectivity index (χ3v) is 4.34. The lowest BCUT2D eigenvalue weighted by Gasteiger charge is -2.31. The zero-order chi connectivity index (χ0) is 15.1. The number of carbonyl (C=O) groups is 1. The lowest BCUT2D eigenvalue weighted by molar-refractivity contribution is -0.131. The van der Waals surface area contributed by atoms with Crippen LogP contribution in [0.15, 0.2) is 25.3 Å². The first-order valence-corrected chi connectivity index (χ1v) is 8.19. The van der Waals surface area contributed by atoms with Crippen LogP contribution in [0.1, 0.15) is 25.7 Å². The van der Waals surface area contributed by atoms with Gasteiger partial charge in [0.2, 0.25) is 5.91 Å².